The average Bonchev–Trinajstić information content (AvgIpc) is 2.88. The summed E-state index contributed by atoms with van der Waals surface area (Å²) in [4.78, 5) is 4.43. The van der Waals surface area contributed by atoms with Gasteiger partial charge in [0.25, 0.3) is 0 Å². The number of halogens is 4. The van der Waals surface area contributed by atoms with E-state index in [1.807, 2.05) is 32.0 Å². The summed E-state index contributed by atoms with van der Waals surface area (Å²) in [6, 6.07) is 6.64. The van der Waals surface area contributed by atoms with Gasteiger partial charge in [0.2, 0.25) is 0 Å². The Kier molecular flexibility index (Phi) is 4.05. The Balaban J connectivity index is 2.30. The predicted molar refractivity (Wildman–Crippen MR) is 88.0 cm³/mol. The number of fused-ring (bicyclic) bond motifs is 1. The van der Waals surface area contributed by atoms with Gasteiger partial charge in [0.05, 0.1) is 22.0 Å². The molecule has 0 aliphatic heterocycles. The third-order valence-electron chi connectivity index (χ3n) is 4.08. The molecule has 0 aliphatic rings. The van der Waals surface area contributed by atoms with Crippen molar-refractivity contribution in [3.8, 4) is 11.3 Å². The predicted octanol–water partition coefficient (Wildman–Crippen LogP) is 4.75. The highest BCUT2D eigenvalue weighted by Crippen LogP contribution is 2.35. The van der Waals surface area contributed by atoms with E-state index in [0.717, 1.165) is 29.0 Å². The van der Waals surface area contributed by atoms with Crippen LogP contribution in [0, 0.1) is 13.8 Å². The number of pyridine rings is 1. The maximum Gasteiger partial charge on any atom is 0.417 e. The smallest absolute Gasteiger partial charge is 0.325 e. The second-order valence-corrected chi connectivity index (χ2v) is 6.09. The lowest BCUT2D eigenvalue weighted by atomic mass is 10.0. The van der Waals surface area contributed by atoms with Gasteiger partial charge in [0, 0.05) is 18.3 Å². The number of aromatic nitrogens is 2. The fourth-order valence-electron chi connectivity index (χ4n) is 2.62. The standard InChI is InChI=1S/C17H15ClF3N3/c1-9-3-4-11(5-10(9)2)15-14(7-22)24-8-12(17(19,20)21)6-13(18)16(24)23-15/h3-6,8H,7,22H2,1-2H3. The molecular formula is C17H15ClF3N3. The summed E-state index contributed by atoms with van der Waals surface area (Å²) >= 11 is 6.03. The van der Waals surface area contributed by atoms with E-state index in [1.165, 1.54) is 4.40 Å². The molecule has 0 saturated heterocycles. The minimum Gasteiger partial charge on any atom is -0.325 e. The topological polar surface area (TPSA) is 43.3 Å². The van der Waals surface area contributed by atoms with Crippen LogP contribution in [0.1, 0.15) is 22.4 Å². The monoisotopic (exact) mass is 353 g/mol. The number of aryl methyl sites for hydroxylation is 2. The molecule has 0 amide bonds. The molecule has 3 aromatic rings. The van der Waals surface area contributed by atoms with Crippen LogP contribution in [0.5, 0.6) is 0 Å². The van der Waals surface area contributed by atoms with Crippen molar-refractivity contribution < 1.29 is 13.2 Å². The molecule has 3 nitrogen and oxygen atoms in total. The van der Waals surface area contributed by atoms with Crippen LogP contribution in [0.3, 0.4) is 0 Å². The molecule has 24 heavy (non-hydrogen) atoms. The van der Waals surface area contributed by atoms with Crippen LogP contribution >= 0.6 is 11.6 Å². The normalized spacial score (nSPS) is 12.1. The van der Waals surface area contributed by atoms with Crippen molar-refractivity contribution in [2.75, 3.05) is 0 Å². The zero-order valence-electron chi connectivity index (χ0n) is 13.1. The number of imidazole rings is 1. The number of hydrogen-bond acceptors (Lipinski definition) is 2. The fourth-order valence-corrected chi connectivity index (χ4v) is 2.87. The summed E-state index contributed by atoms with van der Waals surface area (Å²) in [6.07, 6.45) is -3.50. The van der Waals surface area contributed by atoms with E-state index in [9.17, 15) is 13.2 Å². The fraction of sp³-hybridized carbons (Fsp3) is 0.235. The Labute approximate surface area is 141 Å². The maximum atomic E-state index is 13.0. The molecule has 0 aliphatic carbocycles. The number of nitrogens with two attached hydrogens (primary N) is 1. The van der Waals surface area contributed by atoms with Gasteiger partial charge in [-0.3, -0.25) is 0 Å². The number of hydrogen-bond donors (Lipinski definition) is 1. The van der Waals surface area contributed by atoms with Gasteiger partial charge in [-0.2, -0.15) is 13.2 Å². The van der Waals surface area contributed by atoms with Crippen LogP contribution in [0.2, 0.25) is 5.02 Å². The van der Waals surface area contributed by atoms with Gasteiger partial charge >= 0.3 is 6.18 Å². The zero-order valence-corrected chi connectivity index (χ0v) is 13.8. The van der Waals surface area contributed by atoms with Gasteiger partial charge in [-0.25, -0.2) is 4.98 Å². The van der Waals surface area contributed by atoms with E-state index in [2.05, 4.69) is 4.98 Å². The average molecular weight is 354 g/mol. The SMILES string of the molecule is Cc1ccc(-c2nc3c(Cl)cc(C(F)(F)F)cn3c2CN)cc1C. The first-order valence-corrected chi connectivity index (χ1v) is 7.65. The van der Waals surface area contributed by atoms with E-state index in [4.69, 9.17) is 17.3 Å². The van der Waals surface area contributed by atoms with Gasteiger partial charge in [-0.1, -0.05) is 23.7 Å². The molecular weight excluding hydrogens is 339 g/mol. The molecule has 2 N–H and O–H groups in total. The molecule has 0 atom stereocenters. The lowest BCUT2D eigenvalue weighted by molar-refractivity contribution is -0.137. The van der Waals surface area contributed by atoms with Gasteiger partial charge in [-0.15, -0.1) is 0 Å². The zero-order chi connectivity index (χ0) is 17.6. The molecule has 0 unspecified atom stereocenters. The van der Waals surface area contributed by atoms with E-state index in [-0.39, 0.29) is 17.2 Å². The Morgan fingerprint density at radius 1 is 1.17 bits per heavy atom. The number of rotatable bonds is 2. The first-order chi connectivity index (χ1) is 11.2. The van der Waals surface area contributed by atoms with Crippen molar-refractivity contribution in [1.29, 1.82) is 0 Å². The Bertz CT molecular complexity index is 929. The molecule has 2 heterocycles. The third kappa shape index (κ3) is 2.76. The number of benzene rings is 1. The number of alkyl halides is 3. The molecule has 3 rings (SSSR count). The lowest BCUT2D eigenvalue weighted by Gasteiger charge is -2.09. The molecule has 7 heteroatoms. The molecule has 0 radical (unpaired) electrons. The van der Waals surface area contributed by atoms with E-state index in [0.29, 0.717) is 11.4 Å². The van der Waals surface area contributed by atoms with Gasteiger partial charge in [0.1, 0.15) is 0 Å². The van der Waals surface area contributed by atoms with Crippen molar-refractivity contribution in [2.45, 2.75) is 26.6 Å². The third-order valence-corrected chi connectivity index (χ3v) is 4.35. The Morgan fingerprint density at radius 2 is 1.88 bits per heavy atom. The van der Waals surface area contributed by atoms with Crippen LogP contribution in [0.15, 0.2) is 30.5 Å². The molecule has 0 spiro atoms. The summed E-state index contributed by atoms with van der Waals surface area (Å²) in [5.74, 6) is 0. The highest BCUT2D eigenvalue weighted by molar-refractivity contribution is 6.33. The minimum absolute atomic E-state index is 0.0427. The molecule has 2 aromatic heterocycles. The van der Waals surface area contributed by atoms with Gasteiger partial charge in [0.15, 0.2) is 5.65 Å². The largest absolute Gasteiger partial charge is 0.417 e. The van der Waals surface area contributed by atoms with Crippen LogP contribution in [-0.4, -0.2) is 9.38 Å². The van der Waals surface area contributed by atoms with Crippen LogP contribution in [-0.2, 0) is 12.7 Å². The van der Waals surface area contributed by atoms with Crippen LogP contribution in [0.4, 0.5) is 13.2 Å². The molecule has 0 bridgehead atoms. The highest BCUT2D eigenvalue weighted by Gasteiger charge is 2.32. The van der Waals surface area contributed by atoms with Crippen molar-refractivity contribution >= 4 is 17.2 Å². The van der Waals surface area contributed by atoms with Crippen molar-refractivity contribution in [2.24, 2.45) is 5.73 Å². The molecule has 1 aromatic carbocycles. The van der Waals surface area contributed by atoms with E-state index >= 15 is 0 Å². The first kappa shape index (κ1) is 16.8. The van der Waals surface area contributed by atoms with Gasteiger partial charge < -0.3 is 10.1 Å². The molecule has 0 fully saturated rings. The highest BCUT2D eigenvalue weighted by atomic mass is 35.5. The number of nitrogens with zero attached hydrogens (tertiary/aromatic N) is 2. The Hall–Kier alpha value is -2.05. The van der Waals surface area contributed by atoms with Crippen LogP contribution < -0.4 is 5.73 Å². The maximum absolute atomic E-state index is 13.0. The second-order valence-electron chi connectivity index (χ2n) is 5.68. The summed E-state index contributed by atoms with van der Waals surface area (Å²) in [5.41, 5.74) is 9.23. The summed E-state index contributed by atoms with van der Waals surface area (Å²) in [6.45, 7) is 3.99. The quantitative estimate of drug-likeness (QED) is 0.722. The van der Waals surface area contributed by atoms with Crippen molar-refractivity contribution in [3.05, 3.63) is 57.9 Å². The van der Waals surface area contributed by atoms with E-state index < -0.39 is 11.7 Å². The van der Waals surface area contributed by atoms with Crippen molar-refractivity contribution in [3.63, 3.8) is 0 Å². The molecule has 0 saturated carbocycles. The molecule has 126 valence electrons. The Morgan fingerprint density at radius 3 is 2.46 bits per heavy atom. The lowest BCUT2D eigenvalue weighted by Crippen LogP contribution is -2.09. The van der Waals surface area contributed by atoms with Gasteiger partial charge in [-0.05, 0) is 37.1 Å². The minimum atomic E-state index is -4.49. The summed E-state index contributed by atoms with van der Waals surface area (Å²) in [7, 11) is 0. The summed E-state index contributed by atoms with van der Waals surface area (Å²) in [5, 5.41) is -0.0605. The summed E-state index contributed by atoms with van der Waals surface area (Å²) < 4.78 is 40.4. The second kappa shape index (κ2) is 5.79. The van der Waals surface area contributed by atoms with Crippen molar-refractivity contribution in [1.82, 2.24) is 9.38 Å². The van der Waals surface area contributed by atoms with Crippen LogP contribution in [0.25, 0.3) is 16.9 Å². The first-order valence-electron chi connectivity index (χ1n) is 7.27. The van der Waals surface area contributed by atoms with E-state index in [1.54, 1.807) is 0 Å².